The smallest absolute Gasteiger partial charge is 0.137 e. The molecule has 0 saturated carbocycles. The number of H-pyrrole nitrogens is 1. The molecule has 0 amide bonds. The van der Waals surface area contributed by atoms with Crippen LogP contribution in [0.1, 0.15) is 11.1 Å². The zero-order chi connectivity index (χ0) is 9.97. The fourth-order valence-corrected chi connectivity index (χ4v) is 1.54. The lowest BCUT2D eigenvalue weighted by Crippen LogP contribution is -1.90. The van der Waals surface area contributed by atoms with Gasteiger partial charge in [-0.05, 0) is 18.6 Å². The second kappa shape index (κ2) is 3.77. The summed E-state index contributed by atoms with van der Waals surface area (Å²) in [5, 5.41) is 1.12. The van der Waals surface area contributed by atoms with Crippen LogP contribution in [0.4, 0.5) is 0 Å². The lowest BCUT2D eigenvalue weighted by molar-refractivity contribution is -0.282. The molecule has 0 unspecified atom stereocenters. The number of nitrogens with one attached hydrogen (secondary N) is 1. The molecule has 1 N–H and O–H groups in total. The molecule has 0 aliphatic rings. The van der Waals surface area contributed by atoms with Crippen LogP contribution in [-0.4, -0.2) is 17.1 Å². The molecule has 4 heteroatoms. The van der Waals surface area contributed by atoms with E-state index in [1.807, 2.05) is 19.2 Å². The van der Waals surface area contributed by atoms with Crippen molar-refractivity contribution in [3.8, 4) is 0 Å². The molecular weight excluding hydrogens is 180 g/mol. The van der Waals surface area contributed by atoms with Crippen molar-refractivity contribution in [2.24, 2.45) is 0 Å². The third-order valence-corrected chi connectivity index (χ3v) is 2.20. The average Bonchev–Trinajstić information content (AvgIpc) is 2.59. The number of hydrogen-bond donors (Lipinski definition) is 1. The minimum absolute atomic E-state index is 0.434. The maximum Gasteiger partial charge on any atom is 0.137 e. The van der Waals surface area contributed by atoms with Crippen molar-refractivity contribution in [1.29, 1.82) is 0 Å². The van der Waals surface area contributed by atoms with Gasteiger partial charge >= 0.3 is 0 Å². The summed E-state index contributed by atoms with van der Waals surface area (Å²) in [7, 11) is 1.50. The van der Waals surface area contributed by atoms with Crippen LogP contribution in [0.15, 0.2) is 18.5 Å². The molecule has 0 atom stereocenters. The standard InChI is InChI=1S/C10H12N2O2/c1-7-3-4-11-10-9(7)8(5-12-10)6-14-13-2/h3-5H,6H2,1-2H3,(H,11,12). The Balaban J connectivity index is 2.45. The van der Waals surface area contributed by atoms with E-state index in [4.69, 9.17) is 4.89 Å². The lowest BCUT2D eigenvalue weighted by Gasteiger charge is -2.00. The molecule has 2 heterocycles. The molecule has 0 aliphatic heterocycles. The number of pyridine rings is 1. The van der Waals surface area contributed by atoms with Crippen molar-refractivity contribution in [1.82, 2.24) is 9.97 Å². The van der Waals surface area contributed by atoms with E-state index in [0.717, 1.165) is 16.6 Å². The molecule has 14 heavy (non-hydrogen) atoms. The van der Waals surface area contributed by atoms with Crippen molar-refractivity contribution >= 4 is 11.0 Å². The SMILES string of the molecule is COOCc1c[nH]c2nccc(C)c12. The highest BCUT2D eigenvalue weighted by atomic mass is 17.2. The Morgan fingerprint density at radius 3 is 3.14 bits per heavy atom. The summed E-state index contributed by atoms with van der Waals surface area (Å²) in [6, 6.07) is 1.98. The van der Waals surface area contributed by atoms with E-state index in [0.29, 0.717) is 6.61 Å². The van der Waals surface area contributed by atoms with Gasteiger partial charge in [0.1, 0.15) is 12.3 Å². The zero-order valence-electron chi connectivity index (χ0n) is 8.20. The van der Waals surface area contributed by atoms with E-state index in [9.17, 15) is 0 Å². The van der Waals surface area contributed by atoms with Gasteiger partial charge in [-0.25, -0.2) is 14.8 Å². The molecule has 4 nitrogen and oxygen atoms in total. The lowest BCUT2D eigenvalue weighted by atomic mass is 10.1. The van der Waals surface area contributed by atoms with Crippen LogP contribution in [0.5, 0.6) is 0 Å². The van der Waals surface area contributed by atoms with Crippen LogP contribution < -0.4 is 0 Å². The first-order valence-electron chi connectivity index (χ1n) is 4.40. The minimum atomic E-state index is 0.434. The molecule has 0 aromatic carbocycles. The number of hydrogen-bond acceptors (Lipinski definition) is 3. The zero-order valence-corrected chi connectivity index (χ0v) is 8.20. The van der Waals surface area contributed by atoms with Gasteiger partial charge < -0.3 is 4.98 Å². The summed E-state index contributed by atoms with van der Waals surface area (Å²) in [6.45, 7) is 2.48. The van der Waals surface area contributed by atoms with E-state index >= 15 is 0 Å². The molecule has 74 valence electrons. The number of aryl methyl sites for hydroxylation is 1. The Kier molecular flexibility index (Phi) is 2.47. The summed E-state index contributed by atoms with van der Waals surface area (Å²) in [5.74, 6) is 0. The average molecular weight is 192 g/mol. The van der Waals surface area contributed by atoms with Crippen LogP contribution in [0.25, 0.3) is 11.0 Å². The van der Waals surface area contributed by atoms with Gasteiger partial charge in [0, 0.05) is 23.3 Å². The van der Waals surface area contributed by atoms with Crippen molar-refractivity contribution in [3.63, 3.8) is 0 Å². The fraction of sp³-hybridized carbons (Fsp3) is 0.300. The fourth-order valence-electron chi connectivity index (χ4n) is 1.54. The van der Waals surface area contributed by atoms with Gasteiger partial charge in [0.05, 0.1) is 7.11 Å². The van der Waals surface area contributed by atoms with Crippen molar-refractivity contribution < 1.29 is 9.78 Å². The molecule has 2 aromatic heterocycles. The second-order valence-electron chi connectivity index (χ2n) is 3.09. The van der Waals surface area contributed by atoms with Crippen LogP contribution in [0.2, 0.25) is 0 Å². The second-order valence-corrected chi connectivity index (χ2v) is 3.09. The van der Waals surface area contributed by atoms with E-state index in [2.05, 4.69) is 14.9 Å². The number of aromatic nitrogens is 2. The number of nitrogens with zero attached hydrogens (tertiary/aromatic N) is 1. The molecule has 2 aromatic rings. The van der Waals surface area contributed by atoms with Gasteiger partial charge in [-0.2, -0.15) is 0 Å². The van der Waals surface area contributed by atoms with Crippen molar-refractivity contribution in [2.75, 3.05) is 7.11 Å². The van der Waals surface area contributed by atoms with Gasteiger partial charge in [0.25, 0.3) is 0 Å². The Morgan fingerprint density at radius 1 is 1.50 bits per heavy atom. The van der Waals surface area contributed by atoms with Crippen molar-refractivity contribution in [2.45, 2.75) is 13.5 Å². The van der Waals surface area contributed by atoms with Crippen LogP contribution >= 0.6 is 0 Å². The molecule has 0 fully saturated rings. The summed E-state index contributed by atoms with van der Waals surface area (Å²) in [6.07, 6.45) is 3.68. The molecule has 2 rings (SSSR count). The Labute approximate surface area is 81.8 Å². The third-order valence-electron chi connectivity index (χ3n) is 2.20. The third kappa shape index (κ3) is 1.49. The van der Waals surface area contributed by atoms with E-state index in [1.54, 1.807) is 6.20 Å². The Bertz CT molecular complexity index is 437. The highest BCUT2D eigenvalue weighted by Gasteiger charge is 2.06. The molecule has 0 spiro atoms. The molecule has 0 radical (unpaired) electrons. The highest BCUT2D eigenvalue weighted by Crippen LogP contribution is 2.20. The molecule has 0 aliphatic carbocycles. The summed E-state index contributed by atoms with van der Waals surface area (Å²) < 4.78 is 0. The number of fused-ring (bicyclic) bond motifs is 1. The predicted molar refractivity (Wildman–Crippen MR) is 52.6 cm³/mol. The van der Waals surface area contributed by atoms with E-state index in [1.165, 1.54) is 12.7 Å². The molecular formula is C10H12N2O2. The van der Waals surface area contributed by atoms with E-state index in [-0.39, 0.29) is 0 Å². The monoisotopic (exact) mass is 192 g/mol. The normalized spacial score (nSPS) is 11.0. The first kappa shape index (κ1) is 9.18. The summed E-state index contributed by atoms with van der Waals surface area (Å²) >= 11 is 0. The van der Waals surface area contributed by atoms with Gasteiger partial charge in [0.15, 0.2) is 0 Å². The van der Waals surface area contributed by atoms with Gasteiger partial charge in [-0.15, -0.1) is 0 Å². The summed E-state index contributed by atoms with van der Waals surface area (Å²) in [4.78, 5) is 16.8. The van der Waals surface area contributed by atoms with Gasteiger partial charge in [-0.1, -0.05) is 0 Å². The number of rotatable bonds is 3. The molecule has 0 saturated heterocycles. The largest absolute Gasteiger partial charge is 0.346 e. The summed E-state index contributed by atoms with van der Waals surface area (Å²) in [5.41, 5.74) is 3.14. The first-order chi connectivity index (χ1) is 6.83. The van der Waals surface area contributed by atoms with Crippen LogP contribution in [-0.2, 0) is 16.4 Å². The minimum Gasteiger partial charge on any atom is -0.346 e. The van der Waals surface area contributed by atoms with Crippen LogP contribution in [0.3, 0.4) is 0 Å². The Hall–Kier alpha value is -1.39. The molecule has 0 bridgehead atoms. The predicted octanol–water partition coefficient (Wildman–Crippen LogP) is 1.95. The van der Waals surface area contributed by atoms with E-state index < -0.39 is 0 Å². The first-order valence-corrected chi connectivity index (χ1v) is 4.40. The maximum absolute atomic E-state index is 4.89. The Morgan fingerprint density at radius 2 is 2.36 bits per heavy atom. The quantitative estimate of drug-likeness (QED) is 0.597. The highest BCUT2D eigenvalue weighted by molar-refractivity contribution is 5.82. The number of aromatic amines is 1. The van der Waals surface area contributed by atoms with Crippen molar-refractivity contribution in [3.05, 3.63) is 29.6 Å². The van der Waals surface area contributed by atoms with Crippen LogP contribution in [0, 0.1) is 6.92 Å². The maximum atomic E-state index is 4.89. The topological polar surface area (TPSA) is 47.1 Å². The van der Waals surface area contributed by atoms with Gasteiger partial charge in [-0.3, -0.25) is 0 Å². The van der Waals surface area contributed by atoms with Gasteiger partial charge in [0.2, 0.25) is 0 Å².